The van der Waals surface area contributed by atoms with Gasteiger partial charge in [-0.3, -0.25) is 0 Å². The van der Waals surface area contributed by atoms with Gasteiger partial charge in [0.15, 0.2) is 0 Å². The summed E-state index contributed by atoms with van der Waals surface area (Å²) in [5.41, 5.74) is 6.55. The van der Waals surface area contributed by atoms with Crippen LogP contribution in [0.2, 0.25) is 0 Å². The Bertz CT molecular complexity index is 266. The van der Waals surface area contributed by atoms with Crippen molar-refractivity contribution in [2.75, 3.05) is 0 Å². The first-order valence-electron chi connectivity index (χ1n) is 3.98. The molecule has 1 atom stereocenters. The maximum atomic E-state index is 12.1. The number of hydrogen-bond acceptors (Lipinski definition) is 3. The molecular weight excluding hydrogens is 178 g/mol. The third-order valence-corrected chi connectivity index (χ3v) is 1.94. The molecule has 0 fully saturated rings. The first-order valence-corrected chi connectivity index (χ1v) is 3.98. The van der Waals surface area contributed by atoms with E-state index in [2.05, 4.69) is 5.16 Å². The maximum absolute atomic E-state index is 12.1. The van der Waals surface area contributed by atoms with Crippen molar-refractivity contribution in [1.29, 1.82) is 0 Å². The Labute approximate surface area is 74.9 Å². The van der Waals surface area contributed by atoms with E-state index in [4.69, 9.17) is 10.3 Å². The fraction of sp³-hybridized carbons (Fsp3) is 0.625. The normalized spacial score (nSPS) is 13.7. The Hall–Kier alpha value is -0.970. The standard InChI is InChI=1S/C8H12F2N2O/c1-4-6(5(2)13-12-4)3-7(11)8(9)10/h7-8H,3,11H2,1-2H3. The summed E-state index contributed by atoms with van der Waals surface area (Å²) >= 11 is 0. The van der Waals surface area contributed by atoms with Crippen molar-refractivity contribution < 1.29 is 13.3 Å². The number of rotatable bonds is 3. The number of aromatic nitrogens is 1. The zero-order valence-corrected chi connectivity index (χ0v) is 7.55. The van der Waals surface area contributed by atoms with Gasteiger partial charge in [-0.05, 0) is 20.3 Å². The highest BCUT2D eigenvalue weighted by molar-refractivity contribution is 5.21. The van der Waals surface area contributed by atoms with Crippen molar-refractivity contribution in [3.05, 3.63) is 17.0 Å². The molecule has 13 heavy (non-hydrogen) atoms. The summed E-state index contributed by atoms with van der Waals surface area (Å²) < 4.78 is 29.0. The molecule has 0 aliphatic heterocycles. The van der Waals surface area contributed by atoms with Crippen molar-refractivity contribution in [3.63, 3.8) is 0 Å². The molecule has 0 bridgehead atoms. The van der Waals surface area contributed by atoms with Crippen LogP contribution >= 0.6 is 0 Å². The van der Waals surface area contributed by atoms with E-state index >= 15 is 0 Å². The molecule has 0 saturated heterocycles. The van der Waals surface area contributed by atoms with E-state index in [-0.39, 0.29) is 6.42 Å². The van der Waals surface area contributed by atoms with Crippen LogP contribution < -0.4 is 5.73 Å². The predicted octanol–water partition coefficient (Wildman–Crippen LogP) is 1.43. The number of halogens is 2. The zero-order chi connectivity index (χ0) is 10.0. The van der Waals surface area contributed by atoms with Gasteiger partial charge in [0.25, 0.3) is 6.43 Å². The molecular formula is C8H12F2N2O. The van der Waals surface area contributed by atoms with E-state index in [1.807, 2.05) is 0 Å². The average Bonchev–Trinajstić information content (AvgIpc) is 2.35. The van der Waals surface area contributed by atoms with Gasteiger partial charge in [0, 0.05) is 5.56 Å². The lowest BCUT2D eigenvalue weighted by Gasteiger charge is -2.08. The van der Waals surface area contributed by atoms with Gasteiger partial charge in [-0.2, -0.15) is 0 Å². The topological polar surface area (TPSA) is 52.0 Å². The lowest BCUT2D eigenvalue weighted by molar-refractivity contribution is 0.116. The molecule has 0 amide bonds. The highest BCUT2D eigenvalue weighted by atomic mass is 19.3. The molecule has 1 aromatic rings. The van der Waals surface area contributed by atoms with E-state index in [0.717, 1.165) is 0 Å². The molecule has 2 N–H and O–H groups in total. The quantitative estimate of drug-likeness (QED) is 0.784. The highest BCUT2D eigenvalue weighted by Crippen LogP contribution is 2.15. The van der Waals surface area contributed by atoms with Crippen LogP contribution in [0.5, 0.6) is 0 Å². The molecule has 1 rings (SSSR count). The number of nitrogens with zero attached hydrogens (tertiary/aromatic N) is 1. The van der Waals surface area contributed by atoms with Gasteiger partial charge >= 0.3 is 0 Å². The monoisotopic (exact) mass is 190 g/mol. The summed E-state index contributed by atoms with van der Waals surface area (Å²) in [6.07, 6.45) is -2.40. The van der Waals surface area contributed by atoms with Crippen molar-refractivity contribution in [2.45, 2.75) is 32.7 Å². The van der Waals surface area contributed by atoms with Crippen LogP contribution in [0.3, 0.4) is 0 Å². The van der Waals surface area contributed by atoms with Crippen LogP contribution in [0.4, 0.5) is 8.78 Å². The molecule has 0 spiro atoms. The highest BCUT2D eigenvalue weighted by Gasteiger charge is 2.19. The van der Waals surface area contributed by atoms with Gasteiger partial charge in [0.2, 0.25) is 0 Å². The summed E-state index contributed by atoms with van der Waals surface area (Å²) in [6.45, 7) is 3.40. The zero-order valence-electron chi connectivity index (χ0n) is 7.55. The number of alkyl halides is 2. The van der Waals surface area contributed by atoms with Crippen molar-refractivity contribution >= 4 is 0 Å². The van der Waals surface area contributed by atoms with Crippen LogP contribution in [0.15, 0.2) is 4.52 Å². The number of hydrogen-bond donors (Lipinski definition) is 1. The second-order valence-electron chi connectivity index (χ2n) is 3.01. The fourth-order valence-corrected chi connectivity index (χ4v) is 1.12. The van der Waals surface area contributed by atoms with Gasteiger partial charge in [-0.15, -0.1) is 0 Å². The van der Waals surface area contributed by atoms with Crippen molar-refractivity contribution in [1.82, 2.24) is 5.16 Å². The number of aryl methyl sites for hydroxylation is 2. The molecule has 0 aliphatic rings. The van der Waals surface area contributed by atoms with Gasteiger partial charge < -0.3 is 10.3 Å². The third-order valence-electron chi connectivity index (χ3n) is 1.94. The largest absolute Gasteiger partial charge is 0.361 e. The van der Waals surface area contributed by atoms with E-state index in [1.54, 1.807) is 13.8 Å². The minimum Gasteiger partial charge on any atom is -0.361 e. The lowest BCUT2D eigenvalue weighted by atomic mass is 10.1. The maximum Gasteiger partial charge on any atom is 0.253 e. The molecule has 0 aromatic carbocycles. The predicted molar refractivity (Wildman–Crippen MR) is 43.7 cm³/mol. The number of nitrogens with two attached hydrogens (primary N) is 1. The van der Waals surface area contributed by atoms with Crippen molar-refractivity contribution in [2.24, 2.45) is 5.73 Å². The first-order chi connectivity index (χ1) is 6.02. The van der Waals surface area contributed by atoms with Crippen LogP contribution in [0.25, 0.3) is 0 Å². The molecule has 1 heterocycles. The first kappa shape index (κ1) is 10.1. The van der Waals surface area contributed by atoms with E-state index in [1.165, 1.54) is 0 Å². The van der Waals surface area contributed by atoms with Gasteiger partial charge in [0.1, 0.15) is 5.76 Å². The van der Waals surface area contributed by atoms with Crippen LogP contribution in [0, 0.1) is 13.8 Å². The molecule has 0 saturated carbocycles. The Morgan fingerprint density at radius 1 is 1.46 bits per heavy atom. The minimum absolute atomic E-state index is 0.110. The summed E-state index contributed by atoms with van der Waals surface area (Å²) in [6, 6.07) is -1.14. The van der Waals surface area contributed by atoms with E-state index in [0.29, 0.717) is 17.0 Å². The molecule has 3 nitrogen and oxygen atoms in total. The van der Waals surface area contributed by atoms with Crippen LogP contribution in [-0.2, 0) is 6.42 Å². The molecule has 1 aromatic heterocycles. The SMILES string of the molecule is Cc1noc(C)c1CC(N)C(F)F. The van der Waals surface area contributed by atoms with Gasteiger partial charge in [-0.25, -0.2) is 8.78 Å². The van der Waals surface area contributed by atoms with Crippen LogP contribution in [0.1, 0.15) is 17.0 Å². The smallest absolute Gasteiger partial charge is 0.253 e. The molecule has 0 aliphatic carbocycles. The van der Waals surface area contributed by atoms with E-state index in [9.17, 15) is 8.78 Å². The minimum atomic E-state index is -2.51. The second kappa shape index (κ2) is 3.83. The van der Waals surface area contributed by atoms with Gasteiger partial charge in [-0.1, -0.05) is 5.16 Å². The summed E-state index contributed by atoms with van der Waals surface area (Å²) in [5.74, 6) is 0.564. The van der Waals surface area contributed by atoms with Crippen molar-refractivity contribution in [3.8, 4) is 0 Å². The van der Waals surface area contributed by atoms with Crippen LogP contribution in [-0.4, -0.2) is 17.6 Å². The third kappa shape index (κ3) is 2.24. The molecule has 0 radical (unpaired) electrons. The van der Waals surface area contributed by atoms with Gasteiger partial charge in [0.05, 0.1) is 11.7 Å². The Kier molecular flexibility index (Phi) is 2.98. The summed E-state index contributed by atoms with van der Waals surface area (Å²) in [5, 5.41) is 3.65. The average molecular weight is 190 g/mol. The fourth-order valence-electron chi connectivity index (χ4n) is 1.12. The van der Waals surface area contributed by atoms with E-state index < -0.39 is 12.5 Å². The Morgan fingerprint density at radius 2 is 2.08 bits per heavy atom. The second-order valence-corrected chi connectivity index (χ2v) is 3.01. The Balaban J connectivity index is 2.73. The molecule has 1 unspecified atom stereocenters. The lowest BCUT2D eigenvalue weighted by Crippen LogP contribution is -2.31. The summed E-state index contributed by atoms with van der Waals surface area (Å²) in [7, 11) is 0. The molecule has 5 heteroatoms. The summed E-state index contributed by atoms with van der Waals surface area (Å²) in [4.78, 5) is 0. The molecule has 74 valence electrons. The Morgan fingerprint density at radius 3 is 2.46 bits per heavy atom.